The molecule has 0 amide bonds. The number of rotatable bonds is 6. The number of hydrogen-bond acceptors (Lipinski definition) is 4. The largest absolute Gasteiger partial charge is 0.396 e. The normalized spacial score (nSPS) is 13.5. The average Bonchev–Trinajstić information content (AvgIpc) is 1.99. The highest BCUT2D eigenvalue weighted by molar-refractivity contribution is 4.54. The van der Waals surface area contributed by atoms with Gasteiger partial charge in [0.25, 0.3) is 0 Å². The fourth-order valence-corrected chi connectivity index (χ4v) is 0.605. The molecule has 0 bridgehead atoms. The van der Waals surface area contributed by atoms with Crippen LogP contribution in [0.3, 0.4) is 0 Å². The third kappa shape index (κ3) is 4.69. The van der Waals surface area contributed by atoms with E-state index in [2.05, 4.69) is 5.32 Å². The van der Waals surface area contributed by atoms with Crippen molar-refractivity contribution in [2.75, 3.05) is 26.8 Å². The second-order valence-electron chi connectivity index (χ2n) is 1.99. The molecule has 0 aromatic carbocycles. The van der Waals surface area contributed by atoms with Gasteiger partial charge in [0.1, 0.15) is 6.23 Å². The molecule has 0 saturated heterocycles. The van der Waals surface area contributed by atoms with E-state index in [-0.39, 0.29) is 12.8 Å². The third-order valence-corrected chi connectivity index (χ3v) is 1.21. The van der Waals surface area contributed by atoms with Crippen LogP contribution in [-0.4, -0.2) is 38.1 Å². The molecule has 4 N–H and O–H groups in total. The van der Waals surface area contributed by atoms with Crippen LogP contribution in [0.1, 0.15) is 6.42 Å². The van der Waals surface area contributed by atoms with E-state index in [0.717, 1.165) is 13.0 Å². The van der Waals surface area contributed by atoms with Crippen molar-refractivity contribution in [3.05, 3.63) is 0 Å². The Labute approximate surface area is 61.4 Å². The summed E-state index contributed by atoms with van der Waals surface area (Å²) in [6, 6.07) is 0. The van der Waals surface area contributed by atoms with Crippen molar-refractivity contribution in [1.82, 2.24) is 5.32 Å². The fraction of sp³-hybridized carbons (Fsp3) is 1.00. The molecule has 0 aromatic rings. The van der Waals surface area contributed by atoms with Gasteiger partial charge in [0.2, 0.25) is 0 Å². The van der Waals surface area contributed by atoms with E-state index in [1.165, 1.54) is 0 Å². The Kier molecular flexibility index (Phi) is 6.84. The maximum atomic E-state index is 8.41. The molecule has 0 aliphatic carbocycles. The van der Waals surface area contributed by atoms with E-state index >= 15 is 0 Å². The van der Waals surface area contributed by atoms with Gasteiger partial charge in [0, 0.05) is 20.3 Å². The summed E-state index contributed by atoms with van der Waals surface area (Å²) in [4.78, 5) is 0. The highest BCUT2D eigenvalue weighted by Gasteiger charge is 2.00. The zero-order valence-corrected chi connectivity index (χ0v) is 6.34. The Balaban J connectivity index is 3.09. The number of aliphatic hydroxyl groups is 1. The Hall–Kier alpha value is -0.160. The van der Waals surface area contributed by atoms with E-state index in [9.17, 15) is 0 Å². The number of aliphatic hydroxyl groups excluding tert-OH is 1. The molecular weight excluding hydrogens is 132 g/mol. The van der Waals surface area contributed by atoms with Gasteiger partial charge in [-0.15, -0.1) is 0 Å². The summed E-state index contributed by atoms with van der Waals surface area (Å²) >= 11 is 0. The molecule has 0 spiro atoms. The molecule has 4 heteroatoms. The highest BCUT2D eigenvalue weighted by Crippen LogP contribution is 1.80. The molecule has 0 aromatic heterocycles. The van der Waals surface area contributed by atoms with Crippen molar-refractivity contribution in [3.63, 3.8) is 0 Å². The third-order valence-electron chi connectivity index (χ3n) is 1.21. The molecule has 0 fully saturated rings. The molecule has 0 rings (SSSR count). The summed E-state index contributed by atoms with van der Waals surface area (Å²) in [6.45, 7) is 1.40. The van der Waals surface area contributed by atoms with E-state index in [0.29, 0.717) is 6.54 Å². The molecule has 0 saturated carbocycles. The van der Waals surface area contributed by atoms with Crippen molar-refractivity contribution in [2.45, 2.75) is 12.6 Å². The van der Waals surface area contributed by atoms with Crippen LogP contribution >= 0.6 is 0 Å². The van der Waals surface area contributed by atoms with Crippen LogP contribution in [0.4, 0.5) is 0 Å². The Morgan fingerprint density at radius 3 is 2.80 bits per heavy atom. The van der Waals surface area contributed by atoms with Gasteiger partial charge in [-0.3, -0.25) is 5.32 Å². The van der Waals surface area contributed by atoms with Crippen LogP contribution in [0, 0.1) is 0 Å². The van der Waals surface area contributed by atoms with E-state index < -0.39 is 0 Å². The van der Waals surface area contributed by atoms with Gasteiger partial charge < -0.3 is 15.6 Å². The van der Waals surface area contributed by atoms with Crippen molar-refractivity contribution in [1.29, 1.82) is 0 Å². The molecule has 4 nitrogen and oxygen atoms in total. The summed E-state index contributed by atoms with van der Waals surface area (Å²) in [5, 5.41) is 11.4. The minimum absolute atomic E-state index is 0.0773. The lowest BCUT2D eigenvalue weighted by Crippen LogP contribution is -2.38. The SMILES string of the molecule is COC(CN)NCCCO. The van der Waals surface area contributed by atoms with Crippen LogP contribution in [-0.2, 0) is 4.74 Å². The zero-order valence-electron chi connectivity index (χ0n) is 6.34. The smallest absolute Gasteiger partial charge is 0.120 e. The predicted octanol–water partition coefficient (Wildman–Crippen LogP) is -1.11. The number of nitrogens with one attached hydrogen (secondary N) is 1. The van der Waals surface area contributed by atoms with Gasteiger partial charge >= 0.3 is 0 Å². The van der Waals surface area contributed by atoms with Crippen molar-refractivity contribution in [2.24, 2.45) is 5.73 Å². The van der Waals surface area contributed by atoms with Gasteiger partial charge in [-0.1, -0.05) is 0 Å². The number of ether oxygens (including phenoxy) is 1. The van der Waals surface area contributed by atoms with Crippen molar-refractivity contribution < 1.29 is 9.84 Å². The standard InChI is InChI=1S/C6H16N2O2/c1-10-6(5-7)8-3-2-4-9/h6,8-9H,2-5,7H2,1H3. The summed E-state index contributed by atoms with van der Waals surface area (Å²) in [5.74, 6) is 0. The molecule has 1 atom stereocenters. The molecule has 0 radical (unpaired) electrons. The average molecular weight is 148 g/mol. The molecule has 62 valence electrons. The molecule has 10 heavy (non-hydrogen) atoms. The van der Waals surface area contributed by atoms with Crippen LogP contribution in [0.15, 0.2) is 0 Å². The van der Waals surface area contributed by atoms with Gasteiger partial charge in [0.05, 0.1) is 0 Å². The first kappa shape index (κ1) is 9.84. The number of methoxy groups -OCH3 is 1. The lowest BCUT2D eigenvalue weighted by Gasteiger charge is -2.13. The zero-order chi connectivity index (χ0) is 7.82. The number of nitrogens with two attached hydrogens (primary N) is 1. The summed E-state index contributed by atoms with van der Waals surface area (Å²) in [7, 11) is 1.60. The van der Waals surface area contributed by atoms with Crippen molar-refractivity contribution in [3.8, 4) is 0 Å². The lowest BCUT2D eigenvalue weighted by molar-refractivity contribution is 0.0795. The minimum atomic E-state index is -0.0773. The van der Waals surface area contributed by atoms with Crippen molar-refractivity contribution >= 4 is 0 Å². The maximum Gasteiger partial charge on any atom is 0.120 e. The van der Waals surface area contributed by atoms with E-state index in [4.69, 9.17) is 15.6 Å². The molecule has 0 aliphatic rings. The van der Waals surface area contributed by atoms with Gasteiger partial charge in [-0.25, -0.2) is 0 Å². The van der Waals surface area contributed by atoms with Crippen LogP contribution < -0.4 is 11.1 Å². The first-order valence-corrected chi connectivity index (χ1v) is 3.42. The van der Waals surface area contributed by atoms with Gasteiger partial charge in [-0.2, -0.15) is 0 Å². The quantitative estimate of drug-likeness (QED) is 0.330. The number of hydrogen-bond donors (Lipinski definition) is 3. The van der Waals surface area contributed by atoms with Crippen LogP contribution in [0.2, 0.25) is 0 Å². The molecular formula is C6H16N2O2. The summed E-state index contributed by atoms with van der Waals surface area (Å²) < 4.78 is 4.93. The maximum absolute atomic E-state index is 8.41. The van der Waals surface area contributed by atoms with Gasteiger partial charge in [0.15, 0.2) is 0 Å². The Bertz CT molecular complexity index is 66.8. The molecule has 0 heterocycles. The Morgan fingerprint density at radius 2 is 2.40 bits per heavy atom. The first-order valence-electron chi connectivity index (χ1n) is 3.42. The summed E-state index contributed by atoms with van der Waals surface area (Å²) in [5.41, 5.74) is 5.32. The topological polar surface area (TPSA) is 67.5 Å². The molecule has 0 aliphatic heterocycles. The highest BCUT2D eigenvalue weighted by atomic mass is 16.5. The first-order chi connectivity index (χ1) is 4.85. The predicted molar refractivity (Wildman–Crippen MR) is 39.6 cm³/mol. The Morgan fingerprint density at radius 1 is 1.70 bits per heavy atom. The second kappa shape index (κ2) is 6.95. The minimum Gasteiger partial charge on any atom is -0.396 e. The lowest BCUT2D eigenvalue weighted by atomic mass is 10.4. The van der Waals surface area contributed by atoms with E-state index in [1.54, 1.807) is 7.11 Å². The fourth-order valence-electron chi connectivity index (χ4n) is 0.605. The van der Waals surface area contributed by atoms with Gasteiger partial charge in [-0.05, 0) is 13.0 Å². The summed E-state index contributed by atoms with van der Waals surface area (Å²) in [6.07, 6.45) is 0.659. The van der Waals surface area contributed by atoms with E-state index in [1.807, 2.05) is 0 Å². The monoisotopic (exact) mass is 148 g/mol. The van der Waals surface area contributed by atoms with Crippen LogP contribution in [0.5, 0.6) is 0 Å². The van der Waals surface area contributed by atoms with Crippen LogP contribution in [0.25, 0.3) is 0 Å². The second-order valence-corrected chi connectivity index (χ2v) is 1.99. The molecule has 1 unspecified atom stereocenters.